The van der Waals surface area contributed by atoms with Gasteiger partial charge in [-0.25, -0.2) is 0 Å². The van der Waals surface area contributed by atoms with E-state index in [4.69, 9.17) is 4.74 Å². The van der Waals surface area contributed by atoms with E-state index >= 15 is 0 Å². The average molecular weight is 411 g/mol. The summed E-state index contributed by atoms with van der Waals surface area (Å²) < 4.78 is 5.79. The first kappa shape index (κ1) is 20.2. The molecule has 0 atom stereocenters. The Hall–Kier alpha value is -4.11. The predicted octanol–water partition coefficient (Wildman–Crippen LogP) is 4.74. The smallest absolute Gasteiger partial charge is 0.255 e. The summed E-state index contributed by atoms with van der Waals surface area (Å²) in [6.45, 7) is 0.234. The number of nitriles is 1. The quantitative estimate of drug-likeness (QED) is 0.588. The summed E-state index contributed by atoms with van der Waals surface area (Å²) in [6, 6.07) is 23.3. The second-order valence-electron chi connectivity index (χ2n) is 7.38. The molecule has 2 N–H and O–H groups in total. The van der Waals surface area contributed by atoms with Crippen molar-refractivity contribution in [3.8, 4) is 11.8 Å². The molecule has 154 valence electrons. The van der Waals surface area contributed by atoms with Gasteiger partial charge in [-0.1, -0.05) is 30.3 Å². The van der Waals surface area contributed by atoms with Gasteiger partial charge in [0, 0.05) is 28.4 Å². The van der Waals surface area contributed by atoms with Gasteiger partial charge in [0.2, 0.25) is 5.91 Å². The third kappa shape index (κ3) is 5.28. The molecule has 0 radical (unpaired) electrons. The van der Waals surface area contributed by atoms with Crippen LogP contribution in [0.5, 0.6) is 5.75 Å². The molecule has 2 amide bonds. The normalized spacial score (nSPS) is 12.5. The summed E-state index contributed by atoms with van der Waals surface area (Å²) in [7, 11) is 0. The number of rotatable bonds is 7. The number of benzene rings is 3. The number of carbonyl (C=O) groups is 2. The number of hydrogen-bond acceptors (Lipinski definition) is 4. The van der Waals surface area contributed by atoms with Crippen LogP contribution in [0.1, 0.15) is 34.3 Å². The zero-order valence-electron chi connectivity index (χ0n) is 16.8. The minimum atomic E-state index is -0.284. The van der Waals surface area contributed by atoms with Crippen LogP contribution in [0, 0.1) is 17.2 Å². The van der Waals surface area contributed by atoms with E-state index in [0.717, 1.165) is 18.4 Å². The summed E-state index contributed by atoms with van der Waals surface area (Å²) in [5.74, 6) is 0.381. The van der Waals surface area contributed by atoms with E-state index in [9.17, 15) is 14.9 Å². The average Bonchev–Trinajstić information content (AvgIpc) is 3.64. The molecule has 31 heavy (non-hydrogen) atoms. The van der Waals surface area contributed by atoms with Gasteiger partial charge in [0.1, 0.15) is 12.4 Å². The van der Waals surface area contributed by atoms with Crippen LogP contribution in [0.2, 0.25) is 0 Å². The fourth-order valence-corrected chi connectivity index (χ4v) is 3.11. The Labute approximate surface area is 180 Å². The summed E-state index contributed by atoms with van der Waals surface area (Å²) in [5.41, 5.74) is 3.03. The van der Waals surface area contributed by atoms with E-state index in [-0.39, 0.29) is 24.3 Å². The van der Waals surface area contributed by atoms with Crippen LogP contribution in [0.3, 0.4) is 0 Å². The van der Waals surface area contributed by atoms with E-state index in [0.29, 0.717) is 28.3 Å². The van der Waals surface area contributed by atoms with Crippen molar-refractivity contribution in [3.05, 3.63) is 89.5 Å². The molecule has 1 fully saturated rings. The largest absolute Gasteiger partial charge is 0.489 e. The highest BCUT2D eigenvalue weighted by Crippen LogP contribution is 2.30. The summed E-state index contributed by atoms with van der Waals surface area (Å²) >= 11 is 0. The number of amides is 2. The van der Waals surface area contributed by atoms with Gasteiger partial charge < -0.3 is 15.4 Å². The molecule has 3 aromatic rings. The number of nitrogens with zero attached hydrogens (tertiary/aromatic N) is 1. The van der Waals surface area contributed by atoms with Crippen molar-refractivity contribution in [2.24, 2.45) is 5.92 Å². The van der Waals surface area contributed by atoms with E-state index in [1.165, 1.54) is 0 Å². The zero-order chi connectivity index (χ0) is 21.6. The Balaban J connectivity index is 1.40. The van der Waals surface area contributed by atoms with Crippen LogP contribution in [0.4, 0.5) is 11.4 Å². The second kappa shape index (κ2) is 9.14. The fourth-order valence-electron chi connectivity index (χ4n) is 3.11. The summed E-state index contributed by atoms with van der Waals surface area (Å²) in [6.07, 6.45) is 1.87. The van der Waals surface area contributed by atoms with Crippen molar-refractivity contribution in [1.29, 1.82) is 5.26 Å². The Kier molecular flexibility index (Phi) is 5.95. The van der Waals surface area contributed by atoms with Crippen molar-refractivity contribution in [1.82, 2.24) is 0 Å². The molecule has 0 spiro atoms. The first-order chi connectivity index (χ1) is 15.1. The topological polar surface area (TPSA) is 91.2 Å². The highest BCUT2D eigenvalue weighted by molar-refractivity contribution is 6.05. The number of nitrogens with one attached hydrogen (secondary N) is 2. The molecule has 0 aromatic heterocycles. The van der Waals surface area contributed by atoms with E-state index in [1.54, 1.807) is 60.7 Å². The SMILES string of the molecule is N#Cc1ccccc1COc1cccc(C(=O)Nc2cccc(NC(=O)C3CC3)c2)c1. The first-order valence-electron chi connectivity index (χ1n) is 10.1. The number of carbonyl (C=O) groups excluding carboxylic acids is 2. The molecule has 6 heteroatoms. The van der Waals surface area contributed by atoms with E-state index in [2.05, 4.69) is 16.7 Å². The third-order valence-electron chi connectivity index (χ3n) is 4.96. The van der Waals surface area contributed by atoms with Gasteiger partial charge in [0.15, 0.2) is 0 Å². The number of ether oxygens (including phenoxy) is 1. The molecule has 1 aliphatic carbocycles. The Morgan fingerprint density at radius 3 is 2.45 bits per heavy atom. The maximum absolute atomic E-state index is 12.7. The lowest BCUT2D eigenvalue weighted by Crippen LogP contribution is -2.14. The molecule has 0 unspecified atom stereocenters. The third-order valence-corrected chi connectivity index (χ3v) is 4.96. The van der Waals surface area contributed by atoms with Gasteiger partial charge in [-0.05, 0) is 55.3 Å². The van der Waals surface area contributed by atoms with Crippen LogP contribution in [0.15, 0.2) is 72.8 Å². The maximum atomic E-state index is 12.7. The highest BCUT2D eigenvalue weighted by atomic mass is 16.5. The lowest BCUT2D eigenvalue weighted by Gasteiger charge is -2.11. The Bertz CT molecular complexity index is 1160. The van der Waals surface area contributed by atoms with Crippen LogP contribution in [0.25, 0.3) is 0 Å². The van der Waals surface area contributed by atoms with Crippen molar-refractivity contribution >= 4 is 23.2 Å². The van der Waals surface area contributed by atoms with Gasteiger partial charge in [-0.15, -0.1) is 0 Å². The van der Waals surface area contributed by atoms with E-state index in [1.807, 2.05) is 12.1 Å². The molecule has 1 saturated carbocycles. The van der Waals surface area contributed by atoms with Crippen molar-refractivity contribution in [3.63, 3.8) is 0 Å². The van der Waals surface area contributed by atoms with Crippen LogP contribution in [-0.4, -0.2) is 11.8 Å². The molecular weight excluding hydrogens is 390 g/mol. The molecule has 0 heterocycles. The molecule has 0 bridgehead atoms. The van der Waals surface area contributed by atoms with Gasteiger partial charge in [-0.2, -0.15) is 5.26 Å². The van der Waals surface area contributed by atoms with Crippen LogP contribution >= 0.6 is 0 Å². The summed E-state index contributed by atoms with van der Waals surface area (Å²) in [4.78, 5) is 24.6. The molecule has 4 rings (SSSR count). The number of hydrogen-bond donors (Lipinski definition) is 2. The highest BCUT2D eigenvalue weighted by Gasteiger charge is 2.29. The maximum Gasteiger partial charge on any atom is 0.255 e. The Morgan fingerprint density at radius 1 is 0.935 bits per heavy atom. The minimum Gasteiger partial charge on any atom is -0.489 e. The van der Waals surface area contributed by atoms with Crippen molar-refractivity contribution < 1.29 is 14.3 Å². The molecule has 1 aliphatic rings. The Morgan fingerprint density at radius 2 is 1.68 bits per heavy atom. The molecule has 0 aliphatic heterocycles. The molecule has 6 nitrogen and oxygen atoms in total. The molecule has 3 aromatic carbocycles. The van der Waals surface area contributed by atoms with Gasteiger partial charge >= 0.3 is 0 Å². The van der Waals surface area contributed by atoms with Crippen molar-refractivity contribution in [2.45, 2.75) is 19.4 Å². The van der Waals surface area contributed by atoms with Crippen LogP contribution in [-0.2, 0) is 11.4 Å². The zero-order valence-corrected chi connectivity index (χ0v) is 16.8. The van der Waals surface area contributed by atoms with Crippen LogP contribution < -0.4 is 15.4 Å². The minimum absolute atomic E-state index is 0.0197. The summed E-state index contributed by atoms with van der Waals surface area (Å²) in [5, 5.41) is 14.9. The standard InChI is InChI=1S/C25H21N3O3/c26-15-19-5-1-2-6-20(19)16-31-23-10-3-7-18(13-23)25(30)28-22-9-4-8-21(14-22)27-24(29)17-11-12-17/h1-10,13-14,17H,11-12,16H2,(H,27,29)(H,28,30). The number of anilines is 2. The first-order valence-corrected chi connectivity index (χ1v) is 10.1. The monoisotopic (exact) mass is 411 g/mol. The van der Waals surface area contributed by atoms with E-state index < -0.39 is 0 Å². The van der Waals surface area contributed by atoms with Gasteiger partial charge in [0.25, 0.3) is 5.91 Å². The lowest BCUT2D eigenvalue weighted by molar-refractivity contribution is -0.117. The van der Waals surface area contributed by atoms with Crippen molar-refractivity contribution in [2.75, 3.05) is 10.6 Å². The second-order valence-corrected chi connectivity index (χ2v) is 7.38. The lowest BCUT2D eigenvalue weighted by atomic mass is 10.1. The van der Waals surface area contributed by atoms with Gasteiger partial charge in [-0.3, -0.25) is 9.59 Å². The molecule has 0 saturated heterocycles. The van der Waals surface area contributed by atoms with Gasteiger partial charge in [0.05, 0.1) is 11.6 Å². The molecular formula is C25H21N3O3. The fraction of sp³-hybridized carbons (Fsp3) is 0.160. The predicted molar refractivity (Wildman–Crippen MR) is 118 cm³/mol.